The Bertz CT molecular complexity index is 2620. The van der Waals surface area contributed by atoms with Crippen molar-refractivity contribution in [2.24, 2.45) is 5.73 Å². The molecule has 0 bridgehead atoms. The Kier molecular flexibility index (Phi) is 27.0. The number of hydrogen-bond acceptors (Lipinski definition) is 7. The topological polar surface area (TPSA) is 152 Å². The number of likely N-dealkylation sites (tertiary alicyclic amines) is 2. The number of hydrogen-bond donors (Lipinski definition) is 3. The number of aliphatic carboxylic acids is 1. The van der Waals surface area contributed by atoms with Crippen LogP contribution < -0.4 is 11.1 Å². The molecule has 0 unspecified atom stereocenters. The molecule has 2 aliphatic heterocycles. The maximum Gasteiger partial charge on any atom is 0.416 e. The summed E-state index contributed by atoms with van der Waals surface area (Å²) in [4.78, 5) is 49.4. The molecular weight excluding hydrogens is 1160 g/mol. The molecule has 4 N–H and O–H groups in total. The van der Waals surface area contributed by atoms with Crippen molar-refractivity contribution in [1.82, 2.24) is 15.1 Å². The summed E-state index contributed by atoms with van der Waals surface area (Å²) >= 11 is 0. The first kappa shape index (κ1) is 73.7. The lowest BCUT2D eigenvalue weighted by molar-refractivity contribution is -0.144. The molecule has 4 aromatic carbocycles. The van der Waals surface area contributed by atoms with Gasteiger partial charge in [-0.1, -0.05) is 36.4 Å². The standard InChI is InChI=1S/C25H25F7N2O3.C15H11F6N.C10H16FNO4.4H2S/c1-23(2,3)37-22(36)34-13-19(26)11-20(34)21(35)33-12-14-5-4-6-15(7-14)16-8-17(24(27,28)29)10-18(9-16)25(30,31)32;16-14(17,18)12-5-11(6-13(7-12)15(19,20)21)10-3-1-2-9(4-10)8-22;1-10(2,3)16-9(15)12-5-6(11)4-7(12)8(13)14;;;;/h4-10,19-20H,11-13H2,1-3H3,(H,33,35);1-7H,8,22H2;6-7H,4-5H2,1-3H3,(H,13,14);4*1H2/t19-,20-;;6-,7-;;;;/m0.0..../s1. The molecule has 0 aliphatic carbocycles. The second-order valence-electron chi connectivity index (χ2n) is 19.2. The smallest absolute Gasteiger partial charge is 0.416 e. The van der Waals surface area contributed by atoms with Crippen LogP contribution in [0, 0.1) is 0 Å². The van der Waals surface area contributed by atoms with Gasteiger partial charge >= 0.3 is 42.9 Å². The average Bonchev–Trinajstić information content (AvgIpc) is 3.89. The molecule has 444 valence electrons. The minimum atomic E-state index is -4.99. The van der Waals surface area contributed by atoms with E-state index >= 15 is 0 Å². The maximum absolute atomic E-state index is 14.0. The Morgan fingerprint density at radius 3 is 1.19 bits per heavy atom. The van der Waals surface area contributed by atoms with E-state index in [1.165, 1.54) is 42.5 Å². The predicted molar refractivity (Wildman–Crippen MR) is 285 cm³/mol. The number of carboxylic acid groups (broad SMARTS) is 1. The molecule has 4 atom stereocenters. The van der Waals surface area contributed by atoms with E-state index in [9.17, 15) is 80.6 Å². The minimum Gasteiger partial charge on any atom is -0.480 e. The van der Waals surface area contributed by atoms with Gasteiger partial charge in [0.25, 0.3) is 0 Å². The molecular formula is C50H60F14N4O7S4. The number of carbonyl (C=O) groups excluding carboxylic acids is 3. The third kappa shape index (κ3) is 22.3. The molecule has 2 fully saturated rings. The van der Waals surface area contributed by atoms with Gasteiger partial charge in [0.1, 0.15) is 35.6 Å². The first-order valence-electron chi connectivity index (χ1n) is 22.5. The molecule has 29 heteroatoms. The monoisotopic (exact) mass is 1220 g/mol. The quantitative estimate of drug-likeness (QED) is 0.155. The number of nitrogens with zero attached hydrogens (tertiary/aromatic N) is 2. The molecule has 4 aromatic rings. The van der Waals surface area contributed by atoms with Crippen molar-refractivity contribution in [3.05, 3.63) is 118 Å². The highest BCUT2D eigenvalue weighted by molar-refractivity contribution is 7.59. The fraction of sp³-hybridized carbons (Fsp3) is 0.440. The van der Waals surface area contributed by atoms with Crippen LogP contribution in [0.2, 0.25) is 0 Å². The zero-order chi connectivity index (χ0) is 56.8. The van der Waals surface area contributed by atoms with Gasteiger partial charge in [-0.25, -0.2) is 23.2 Å². The second kappa shape index (κ2) is 28.9. The summed E-state index contributed by atoms with van der Waals surface area (Å²) in [6, 6.07) is 12.2. The van der Waals surface area contributed by atoms with Crippen LogP contribution >= 0.6 is 54.0 Å². The van der Waals surface area contributed by atoms with E-state index in [4.69, 9.17) is 20.3 Å². The zero-order valence-electron chi connectivity index (χ0n) is 42.8. The third-order valence-corrected chi connectivity index (χ3v) is 10.7. The lowest BCUT2D eigenvalue weighted by atomic mass is 9.97. The number of benzene rings is 4. The van der Waals surface area contributed by atoms with E-state index in [-0.39, 0.29) is 127 Å². The van der Waals surface area contributed by atoms with Crippen molar-refractivity contribution in [1.29, 1.82) is 0 Å². The van der Waals surface area contributed by atoms with E-state index in [2.05, 4.69) is 5.32 Å². The van der Waals surface area contributed by atoms with E-state index in [0.29, 0.717) is 35.4 Å². The second-order valence-corrected chi connectivity index (χ2v) is 19.2. The number of ether oxygens (including phenoxy) is 2. The Balaban J connectivity index is 0.00000124. The highest BCUT2D eigenvalue weighted by Crippen LogP contribution is 2.41. The number of carbonyl (C=O) groups is 4. The molecule has 0 spiro atoms. The summed E-state index contributed by atoms with van der Waals surface area (Å²) in [5.74, 6) is -1.87. The largest absolute Gasteiger partial charge is 0.480 e. The predicted octanol–water partition coefficient (Wildman–Crippen LogP) is 13.1. The zero-order valence-corrected chi connectivity index (χ0v) is 46.8. The van der Waals surface area contributed by atoms with Gasteiger partial charge in [0, 0.05) is 25.9 Å². The van der Waals surface area contributed by atoms with Gasteiger partial charge < -0.3 is 25.6 Å². The lowest BCUT2D eigenvalue weighted by Gasteiger charge is -2.27. The van der Waals surface area contributed by atoms with E-state index in [1.54, 1.807) is 47.6 Å². The summed E-state index contributed by atoms with van der Waals surface area (Å²) in [5, 5.41) is 11.4. The van der Waals surface area contributed by atoms with E-state index in [1.807, 2.05) is 0 Å². The molecule has 0 saturated carbocycles. The van der Waals surface area contributed by atoms with Crippen molar-refractivity contribution in [3.8, 4) is 22.3 Å². The van der Waals surface area contributed by atoms with Gasteiger partial charge in [-0.05, 0) is 123 Å². The number of alkyl halides is 14. The summed E-state index contributed by atoms with van der Waals surface area (Å²) in [6.07, 6.45) is -24.5. The molecule has 6 rings (SSSR count). The Hall–Kier alpha value is -5.26. The van der Waals surface area contributed by atoms with Gasteiger partial charge in [-0.3, -0.25) is 14.6 Å². The van der Waals surface area contributed by atoms with Crippen LogP contribution in [0.5, 0.6) is 0 Å². The maximum atomic E-state index is 14.0. The van der Waals surface area contributed by atoms with Crippen LogP contribution in [0.15, 0.2) is 84.9 Å². The van der Waals surface area contributed by atoms with Crippen LogP contribution in [0.4, 0.5) is 71.1 Å². The number of amides is 3. The highest BCUT2D eigenvalue weighted by Gasteiger charge is 2.44. The normalized spacial score (nSPS) is 17.4. The van der Waals surface area contributed by atoms with E-state index in [0.717, 1.165) is 9.80 Å². The molecule has 2 heterocycles. The Morgan fingerprint density at radius 2 is 0.861 bits per heavy atom. The third-order valence-electron chi connectivity index (χ3n) is 10.7. The molecule has 2 aliphatic rings. The van der Waals surface area contributed by atoms with Gasteiger partial charge in [-0.15, -0.1) is 0 Å². The number of carboxylic acids is 1. The van der Waals surface area contributed by atoms with Gasteiger partial charge in [-0.2, -0.15) is 107 Å². The fourth-order valence-electron chi connectivity index (χ4n) is 7.39. The Morgan fingerprint density at radius 1 is 0.532 bits per heavy atom. The van der Waals surface area contributed by atoms with Crippen molar-refractivity contribution in [3.63, 3.8) is 0 Å². The van der Waals surface area contributed by atoms with Crippen LogP contribution in [0.3, 0.4) is 0 Å². The molecule has 0 radical (unpaired) electrons. The summed E-state index contributed by atoms with van der Waals surface area (Å²) in [6.45, 7) is 9.32. The van der Waals surface area contributed by atoms with Gasteiger partial charge in [0.15, 0.2) is 0 Å². The number of nitrogens with one attached hydrogen (secondary N) is 1. The lowest BCUT2D eigenvalue weighted by Crippen LogP contribution is -2.47. The molecule has 2 saturated heterocycles. The number of nitrogens with two attached hydrogens (primary N) is 1. The van der Waals surface area contributed by atoms with Gasteiger partial charge in [0.2, 0.25) is 5.91 Å². The van der Waals surface area contributed by atoms with Crippen molar-refractivity contribution >= 4 is 78.0 Å². The van der Waals surface area contributed by atoms with Crippen LogP contribution in [0.25, 0.3) is 22.3 Å². The van der Waals surface area contributed by atoms with Crippen molar-refractivity contribution in [2.75, 3.05) is 13.1 Å². The van der Waals surface area contributed by atoms with Gasteiger partial charge in [0.05, 0.1) is 35.3 Å². The molecule has 0 aromatic heterocycles. The first-order chi connectivity index (χ1) is 34.2. The molecule has 79 heavy (non-hydrogen) atoms. The average molecular weight is 1220 g/mol. The SMILES string of the molecule is CC(C)(C)OC(=O)N1C[C@@H](F)C[C@H]1C(=O)NCc1cccc(-c2cc(C(F)(F)F)cc(C(F)(F)F)c2)c1.CC(C)(C)OC(=O)N1C[C@@H](F)C[C@H]1C(=O)O.NCc1cccc(-c2cc(C(F)(F)F)cc(C(F)(F)F)c2)c1.S.S.S.S. The van der Waals surface area contributed by atoms with E-state index < -0.39 is 107 Å². The van der Waals surface area contributed by atoms with Crippen molar-refractivity contribution in [2.45, 2.75) is 128 Å². The number of rotatable bonds is 7. The van der Waals surface area contributed by atoms with Crippen LogP contribution in [-0.4, -0.2) is 87.7 Å². The summed E-state index contributed by atoms with van der Waals surface area (Å²) in [5.41, 5.74) is -0.852. The Labute approximate surface area is 473 Å². The fourth-order valence-corrected chi connectivity index (χ4v) is 7.39. The number of halogens is 14. The molecule has 11 nitrogen and oxygen atoms in total. The molecule has 3 amide bonds. The van der Waals surface area contributed by atoms with Crippen LogP contribution in [-0.2, 0) is 56.9 Å². The first-order valence-corrected chi connectivity index (χ1v) is 22.5. The highest BCUT2D eigenvalue weighted by atomic mass is 32.1. The summed E-state index contributed by atoms with van der Waals surface area (Å²) in [7, 11) is 0. The van der Waals surface area contributed by atoms with Crippen LogP contribution in [0.1, 0.15) is 87.8 Å². The minimum absolute atomic E-state index is 0. The summed E-state index contributed by atoms with van der Waals surface area (Å²) < 4.78 is 193. The van der Waals surface area contributed by atoms with Crippen molar-refractivity contribution < 1.29 is 95.2 Å².